The van der Waals surface area contributed by atoms with Gasteiger partial charge >= 0.3 is 5.97 Å². The van der Waals surface area contributed by atoms with Crippen LogP contribution in [0.5, 0.6) is 0 Å². The standard InChI is InChI=1S/C12H16O3S/c1-14-12(13)11-6-15-5-10-8(7-16-2)3-4-9(10)11/h3,6,9-10H,4-5,7H2,1-2H3. The molecule has 3 nitrogen and oxygen atoms in total. The molecule has 0 saturated heterocycles. The normalized spacial score (nSPS) is 27.6. The zero-order valence-corrected chi connectivity index (χ0v) is 10.4. The van der Waals surface area contributed by atoms with Gasteiger partial charge in [-0.2, -0.15) is 11.8 Å². The van der Waals surface area contributed by atoms with E-state index in [1.807, 2.05) is 11.8 Å². The molecule has 2 atom stereocenters. The van der Waals surface area contributed by atoms with E-state index in [-0.39, 0.29) is 11.9 Å². The molecular formula is C12H16O3S. The smallest absolute Gasteiger partial charge is 0.337 e. The second-order valence-electron chi connectivity index (χ2n) is 4.06. The molecule has 1 aliphatic carbocycles. The van der Waals surface area contributed by atoms with E-state index in [0.29, 0.717) is 18.1 Å². The van der Waals surface area contributed by atoms with Crippen molar-refractivity contribution < 1.29 is 14.3 Å². The van der Waals surface area contributed by atoms with E-state index >= 15 is 0 Å². The second-order valence-corrected chi connectivity index (χ2v) is 4.92. The van der Waals surface area contributed by atoms with Crippen molar-refractivity contribution in [3.05, 3.63) is 23.5 Å². The summed E-state index contributed by atoms with van der Waals surface area (Å²) in [7, 11) is 1.41. The highest BCUT2D eigenvalue weighted by Crippen LogP contribution is 2.40. The molecule has 4 heteroatoms. The summed E-state index contributed by atoms with van der Waals surface area (Å²) in [6.07, 6.45) is 6.85. The number of carbonyl (C=O) groups excluding carboxylic acids is 1. The summed E-state index contributed by atoms with van der Waals surface area (Å²) >= 11 is 1.81. The van der Waals surface area contributed by atoms with Gasteiger partial charge in [-0.3, -0.25) is 0 Å². The number of methoxy groups -OCH3 is 1. The van der Waals surface area contributed by atoms with E-state index in [1.54, 1.807) is 6.26 Å². The van der Waals surface area contributed by atoms with Crippen LogP contribution in [0.3, 0.4) is 0 Å². The molecule has 2 rings (SSSR count). The Labute approximate surface area is 99.9 Å². The third kappa shape index (κ3) is 1.98. The molecule has 0 aromatic carbocycles. The molecule has 2 unspecified atom stereocenters. The van der Waals surface area contributed by atoms with Gasteiger partial charge < -0.3 is 9.47 Å². The number of esters is 1. The third-order valence-electron chi connectivity index (χ3n) is 3.21. The lowest BCUT2D eigenvalue weighted by atomic mass is 9.85. The average Bonchev–Trinajstić information content (AvgIpc) is 2.72. The van der Waals surface area contributed by atoms with Gasteiger partial charge in [-0.25, -0.2) is 4.79 Å². The molecule has 0 bridgehead atoms. The molecule has 16 heavy (non-hydrogen) atoms. The van der Waals surface area contributed by atoms with E-state index in [9.17, 15) is 4.79 Å². The minimum Gasteiger partial charge on any atom is -0.500 e. The molecule has 1 heterocycles. The molecule has 0 radical (unpaired) electrons. The van der Waals surface area contributed by atoms with Gasteiger partial charge in [-0.05, 0) is 12.7 Å². The van der Waals surface area contributed by atoms with E-state index in [2.05, 4.69) is 12.3 Å². The molecule has 88 valence electrons. The highest BCUT2D eigenvalue weighted by molar-refractivity contribution is 7.98. The number of allylic oxidation sites excluding steroid dienone is 1. The summed E-state index contributed by atoms with van der Waals surface area (Å²) in [4.78, 5) is 11.6. The average molecular weight is 240 g/mol. The number of hydrogen-bond acceptors (Lipinski definition) is 4. The second kappa shape index (κ2) is 4.95. The van der Waals surface area contributed by atoms with Gasteiger partial charge in [0.05, 0.1) is 25.6 Å². The number of rotatable bonds is 3. The van der Waals surface area contributed by atoms with Crippen molar-refractivity contribution in [2.24, 2.45) is 11.8 Å². The van der Waals surface area contributed by atoms with Crippen LogP contribution in [0.2, 0.25) is 0 Å². The maximum Gasteiger partial charge on any atom is 0.337 e. The van der Waals surface area contributed by atoms with E-state index in [4.69, 9.17) is 9.47 Å². The molecule has 0 N–H and O–H groups in total. The molecule has 0 fully saturated rings. The molecular weight excluding hydrogens is 224 g/mol. The van der Waals surface area contributed by atoms with Crippen molar-refractivity contribution in [1.29, 1.82) is 0 Å². The molecule has 0 spiro atoms. The highest BCUT2D eigenvalue weighted by Gasteiger charge is 2.38. The Hall–Kier alpha value is -0.900. The first-order valence-corrected chi connectivity index (χ1v) is 6.75. The van der Waals surface area contributed by atoms with Crippen molar-refractivity contribution in [2.75, 3.05) is 25.7 Å². The highest BCUT2D eigenvalue weighted by atomic mass is 32.2. The van der Waals surface area contributed by atoms with Crippen molar-refractivity contribution in [3.63, 3.8) is 0 Å². The van der Waals surface area contributed by atoms with Crippen LogP contribution in [-0.4, -0.2) is 31.7 Å². The number of thioether (sulfide) groups is 1. The molecule has 0 aromatic heterocycles. The van der Waals surface area contributed by atoms with Crippen LogP contribution in [0.4, 0.5) is 0 Å². The van der Waals surface area contributed by atoms with E-state index in [0.717, 1.165) is 12.2 Å². The van der Waals surface area contributed by atoms with Gasteiger partial charge in [0.2, 0.25) is 0 Å². The number of hydrogen-bond donors (Lipinski definition) is 0. The SMILES string of the molecule is COC(=O)C1=COCC2C(CSC)=CCC12. The fourth-order valence-electron chi connectivity index (χ4n) is 2.40. The summed E-state index contributed by atoms with van der Waals surface area (Å²) in [5, 5.41) is 0. The first-order valence-electron chi connectivity index (χ1n) is 5.35. The first-order chi connectivity index (χ1) is 7.77. The molecule has 0 amide bonds. The zero-order valence-electron chi connectivity index (χ0n) is 9.56. The Kier molecular flexibility index (Phi) is 3.59. The number of fused-ring (bicyclic) bond motifs is 1. The Balaban J connectivity index is 2.13. The molecule has 0 aromatic rings. The summed E-state index contributed by atoms with van der Waals surface area (Å²) in [6, 6.07) is 0. The molecule has 2 aliphatic rings. The fourth-order valence-corrected chi connectivity index (χ4v) is 3.06. The third-order valence-corrected chi connectivity index (χ3v) is 3.84. The van der Waals surface area contributed by atoms with Crippen LogP contribution in [0.15, 0.2) is 23.5 Å². The van der Waals surface area contributed by atoms with Gasteiger partial charge in [0.15, 0.2) is 0 Å². The van der Waals surface area contributed by atoms with Crippen LogP contribution in [-0.2, 0) is 14.3 Å². The molecule has 1 aliphatic heterocycles. The van der Waals surface area contributed by atoms with Crippen LogP contribution in [0.25, 0.3) is 0 Å². The van der Waals surface area contributed by atoms with E-state index in [1.165, 1.54) is 12.7 Å². The number of ether oxygens (including phenoxy) is 2. The van der Waals surface area contributed by atoms with Crippen LogP contribution in [0, 0.1) is 11.8 Å². The quantitative estimate of drug-likeness (QED) is 0.558. The summed E-state index contributed by atoms with van der Waals surface area (Å²) < 4.78 is 10.2. The largest absolute Gasteiger partial charge is 0.500 e. The fraction of sp³-hybridized carbons (Fsp3) is 0.583. The first kappa shape index (κ1) is 11.6. The monoisotopic (exact) mass is 240 g/mol. The van der Waals surface area contributed by atoms with Gasteiger partial charge in [0.1, 0.15) is 0 Å². The maximum atomic E-state index is 11.6. The predicted molar refractivity (Wildman–Crippen MR) is 64.1 cm³/mol. The predicted octanol–water partition coefficient (Wildman–Crippen LogP) is 2.00. The minimum atomic E-state index is -0.256. The summed E-state index contributed by atoms with van der Waals surface area (Å²) in [5.74, 6) is 1.40. The van der Waals surface area contributed by atoms with Gasteiger partial charge in [-0.1, -0.05) is 11.6 Å². The van der Waals surface area contributed by atoms with Gasteiger partial charge in [-0.15, -0.1) is 0 Å². The van der Waals surface area contributed by atoms with Crippen molar-refractivity contribution in [1.82, 2.24) is 0 Å². The maximum absolute atomic E-state index is 11.6. The van der Waals surface area contributed by atoms with E-state index < -0.39 is 0 Å². The molecule has 0 saturated carbocycles. The lowest BCUT2D eigenvalue weighted by molar-refractivity contribution is -0.137. The summed E-state index contributed by atoms with van der Waals surface area (Å²) in [5.41, 5.74) is 2.10. The van der Waals surface area contributed by atoms with Gasteiger partial charge in [0.25, 0.3) is 0 Å². The lowest BCUT2D eigenvalue weighted by Gasteiger charge is -2.27. The van der Waals surface area contributed by atoms with Crippen LogP contribution in [0.1, 0.15) is 6.42 Å². The summed E-state index contributed by atoms with van der Waals surface area (Å²) in [6.45, 7) is 0.692. The van der Waals surface area contributed by atoms with Gasteiger partial charge in [0, 0.05) is 17.6 Å². The topological polar surface area (TPSA) is 35.5 Å². The Bertz CT molecular complexity index is 346. The van der Waals surface area contributed by atoms with Crippen LogP contribution >= 0.6 is 11.8 Å². The Morgan fingerprint density at radius 1 is 1.62 bits per heavy atom. The zero-order chi connectivity index (χ0) is 11.5. The van der Waals surface area contributed by atoms with Crippen molar-refractivity contribution >= 4 is 17.7 Å². The minimum absolute atomic E-state index is 0.256. The van der Waals surface area contributed by atoms with Crippen molar-refractivity contribution in [2.45, 2.75) is 6.42 Å². The number of carbonyl (C=O) groups is 1. The Morgan fingerprint density at radius 2 is 2.44 bits per heavy atom. The van der Waals surface area contributed by atoms with Crippen molar-refractivity contribution in [3.8, 4) is 0 Å². The van der Waals surface area contributed by atoms with Crippen LogP contribution < -0.4 is 0 Å². The lowest BCUT2D eigenvalue weighted by Crippen LogP contribution is -2.27. The Morgan fingerprint density at radius 3 is 3.12 bits per heavy atom.